The van der Waals surface area contributed by atoms with E-state index in [0.29, 0.717) is 42.2 Å². The number of carbonyl (C=O) groups is 1. The molecule has 7 nitrogen and oxygen atoms in total. The average molecular weight is 316 g/mol. The fraction of sp³-hybridized carbons (Fsp3) is 0.438. The van der Waals surface area contributed by atoms with E-state index in [1.165, 1.54) is 0 Å². The van der Waals surface area contributed by atoms with E-state index in [0.717, 1.165) is 6.54 Å². The second-order valence-corrected chi connectivity index (χ2v) is 5.62. The number of nitrogens with one attached hydrogen (secondary N) is 1. The van der Waals surface area contributed by atoms with Crippen LogP contribution in [0.3, 0.4) is 0 Å². The first-order chi connectivity index (χ1) is 11.1. The predicted octanol–water partition coefficient (Wildman–Crippen LogP) is 1.39. The summed E-state index contributed by atoms with van der Waals surface area (Å²) in [5, 5.41) is 7.12. The third-order valence-electron chi connectivity index (χ3n) is 3.70. The Kier molecular flexibility index (Phi) is 4.57. The zero-order valence-electron chi connectivity index (χ0n) is 13.3. The number of carbonyl (C=O) groups excluding carboxylic acids is 1. The number of aryl methyl sites for hydroxylation is 1. The van der Waals surface area contributed by atoms with Crippen LogP contribution in [0.5, 0.6) is 5.75 Å². The van der Waals surface area contributed by atoms with Gasteiger partial charge in [0.05, 0.1) is 5.56 Å². The second-order valence-electron chi connectivity index (χ2n) is 5.62. The predicted molar refractivity (Wildman–Crippen MR) is 83.2 cm³/mol. The summed E-state index contributed by atoms with van der Waals surface area (Å²) < 4.78 is 10.6. The van der Waals surface area contributed by atoms with E-state index in [-0.39, 0.29) is 12.5 Å². The molecule has 3 rings (SSSR count). The van der Waals surface area contributed by atoms with E-state index < -0.39 is 0 Å². The van der Waals surface area contributed by atoms with Crippen molar-refractivity contribution in [3.8, 4) is 5.75 Å². The van der Waals surface area contributed by atoms with Gasteiger partial charge in [0.2, 0.25) is 11.7 Å². The first-order valence-electron chi connectivity index (χ1n) is 7.67. The quantitative estimate of drug-likeness (QED) is 0.918. The smallest absolute Gasteiger partial charge is 0.257 e. The minimum atomic E-state index is -0.0155. The van der Waals surface area contributed by atoms with Crippen LogP contribution < -0.4 is 10.1 Å². The second kappa shape index (κ2) is 6.78. The minimum Gasteiger partial charge on any atom is -0.485 e. The van der Waals surface area contributed by atoms with E-state index in [4.69, 9.17) is 9.26 Å². The number of aromatic nitrogens is 2. The van der Waals surface area contributed by atoms with Crippen molar-refractivity contribution in [1.82, 2.24) is 20.4 Å². The van der Waals surface area contributed by atoms with E-state index in [1.807, 2.05) is 17.0 Å². The Morgan fingerprint density at radius 1 is 1.48 bits per heavy atom. The van der Waals surface area contributed by atoms with Gasteiger partial charge in [0.1, 0.15) is 5.75 Å². The molecule has 1 aromatic heterocycles. The number of hydrogen-bond donors (Lipinski definition) is 1. The van der Waals surface area contributed by atoms with Crippen LogP contribution in [0.15, 0.2) is 28.8 Å². The summed E-state index contributed by atoms with van der Waals surface area (Å²) >= 11 is 0. The van der Waals surface area contributed by atoms with Gasteiger partial charge < -0.3 is 19.5 Å². The van der Waals surface area contributed by atoms with Gasteiger partial charge in [0.25, 0.3) is 5.91 Å². The van der Waals surface area contributed by atoms with Gasteiger partial charge in [-0.3, -0.25) is 4.79 Å². The number of nitrogens with zero attached hydrogens (tertiary/aromatic N) is 3. The molecule has 1 saturated heterocycles. The van der Waals surface area contributed by atoms with Gasteiger partial charge in [0, 0.05) is 32.6 Å². The fourth-order valence-electron chi connectivity index (χ4n) is 2.60. The Morgan fingerprint density at radius 3 is 3.04 bits per heavy atom. The molecule has 0 aliphatic carbocycles. The van der Waals surface area contributed by atoms with Crippen molar-refractivity contribution in [1.29, 1.82) is 0 Å². The zero-order valence-corrected chi connectivity index (χ0v) is 13.3. The molecule has 0 unspecified atom stereocenters. The minimum absolute atomic E-state index is 0.0155. The van der Waals surface area contributed by atoms with Gasteiger partial charge in [-0.15, -0.1) is 0 Å². The molecule has 1 aliphatic rings. The summed E-state index contributed by atoms with van der Waals surface area (Å²) in [5.41, 5.74) is 0.557. The van der Waals surface area contributed by atoms with Crippen LogP contribution in [0.25, 0.3) is 0 Å². The highest BCUT2D eigenvalue weighted by atomic mass is 16.5. The Hall–Kier alpha value is -2.41. The molecule has 122 valence electrons. The Morgan fingerprint density at radius 2 is 2.30 bits per heavy atom. The number of rotatable bonds is 4. The Bertz CT molecular complexity index is 685. The van der Waals surface area contributed by atoms with Crippen molar-refractivity contribution in [2.24, 2.45) is 0 Å². The third-order valence-corrected chi connectivity index (χ3v) is 3.70. The highest BCUT2D eigenvalue weighted by Crippen LogP contribution is 2.21. The molecule has 0 saturated carbocycles. The van der Waals surface area contributed by atoms with Crippen LogP contribution in [0, 0.1) is 6.92 Å². The molecular weight excluding hydrogens is 296 g/mol. The third kappa shape index (κ3) is 3.68. The summed E-state index contributed by atoms with van der Waals surface area (Å²) in [6.45, 7) is 6.15. The zero-order chi connectivity index (χ0) is 16.2. The lowest BCUT2D eigenvalue weighted by molar-refractivity contribution is 0.0704. The fourth-order valence-corrected chi connectivity index (χ4v) is 2.60. The molecule has 23 heavy (non-hydrogen) atoms. The summed E-state index contributed by atoms with van der Waals surface area (Å²) in [6, 6.07) is 7.54. The lowest BCUT2D eigenvalue weighted by atomic mass is 10.1. The highest BCUT2D eigenvalue weighted by Gasteiger charge is 2.24. The van der Waals surface area contributed by atoms with Crippen LogP contribution >= 0.6 is 0 Å². The van der Waals surface area contributed by atoms with E-state index >= 15 is 0 Å². The molecule has 7 heteroatoms. The van der Waals surface area contributed by atoms with E-state index in [9.17, 15) is 4.79 Å². The van der Waals surface area contributed by atoms with Gasteiger partial charge in [0.15, 0.2) is 6.61 Å². The molecule has 1 amide bonds. The van der Waals surface area contributed by atoms with E-state index in [2.05, 4.69) is 22.4 Å². The number of amides is 1. The van der Waals surface area contributed by atoms with E-state index in [1.54, 1.807) is 19.1 Å². The first-order valence-corrected chi connectivity index (χ1v) is 7.67. The van der Waals surface area contributed by atoms with Gasteiger partial charge in [-0.1, -0.05) is 17.3 Å². The van der Waals surface area contributed by atoms with Crippen molar-refractivity contribution < 1.29 is 14.1 Å². The van der Waals surface area contributed by atoms with Crippen molar-refractivity contribution >= 4 is 5.91 Å². The van der Waals surface area contributed by atoms with Gasteiger partial charge in [-0.05, 0) is 19.1 Å². The SMILES string of the molecule is Cc1nc(COc2ccccc2C(=O)N2CCN[C@@H](C)C2)no1. The average Bonchev–Trinajstić information content (AvgIpc) is 2.98. The topological polar surface area (TPSA) is 80.5 Å². The van der Waals surface area contributed by atoms with Crippen LogP contribution in [0.4, 0.5) is 0 Å². The van der Waals surface area contributed by atoms with Crippen molar-refractivity contribution in [3.05, 3.63) is 41.5 Å². The number of piperazine rings is 1. The van der Waals surface area contributed by atoms with Crippen molar-refractivity contribution in [2.45, 2.75) is 26.5 Å². The number of ether oxygens (including phenoxy) is 1. The summed E-state index contributed by atoms with van der Waals surface area (Å²) in [5.74, 6) is 1.47. The molecule has 1 N–H and O–H groups in total. The van der Waals surface area contributed by atoms with Gasteiger partial charge >= 0.3 is 0 Å². The number of para-hydroxylation sites is 1. The first kappa shape index (κ1) is 15.5. The lowest BCUT2D eigenvalue weighted by Gasteiger charge is -2.32. The summed E-state index contributed by atoms with van der Waals surface area (Å²) in [6.07, 6.45) is 0. The summed E-state index contributed by atoms with van der Waals surface area (Å²) in [7, 11) is 0. The maximum Gasteiger partial charge on any atom is 0.257 e. The normalized spacial score (nSPS) is 18.0. The van der Waals surface area contributed by atoms with Crippen LogP contribution in [-0.4, -0.2) is 46.6 Å². The maximum atomic E-state index is 12.7. The molecule has 1 aromatic carbocycles. The molecule has 0 spiro atoms. The summed E-state index contributed by atoms with van der Waals surface area (Å²) in [4.78, 5) is 18.7. The standard InChI is InChI=1S/C16H20N4O3/c1-11-9-20(8-7-17-11)16(21)13-5-3-4-6-14(13)22-10-15-18-12(2)23-19-15/h3-6,11,17H,7-10H2,1-2H3/t11-/m0/s1. The molecule has 1 aliphatic heterocycles. The molecule has 2 heterocycles. The highest BCUT2D eigenvalue weighted by molar-refractivity contribution is 5.97. The lowest BCUT2D eigenvalue weighted by Crippen LogP contribution is -2.51. The monoisotopic (exact) mass is 316 g/mol. The van der Waals surface area contributed by atoms with Gasteiger partial charge in [-0.2, -0.15) is 4.98 Å². The largest absolute Gasteiger partial charge is 0.485 e. The number of benzene rings is 1. The van der Waals surface area contributed by atoms with Crippen LogP contribution in [-0.2, 0) is 6.61 Å². The molecule has 1 fully saturated rings. The van der Waals surface area contributed by atoms with Crippen molar-refractivity contribution in [3.63, 3.8) is 0 Å². The van der Waals surface area contributed by atoms with Crippen molar-refractivity contribution in [2.75, 3.05) is 19.6 Å². The molecule has 1 atom stereocenters. The van der Waals surface area contributed by atoms with Gasteiger partial charge in [-0.25, -0.2) is 0 Å². The molecule has 0 bridgehead atoms. The van der Waals surface area contributed by atoms with Crippen LogP contribution in [0.2, 0.25) is 0 Å². The van der Waals surface area contributed by atoms with Crippen LogP contribution in [0.1, 0.15) is 29.0 Å². The maximum absolute atomic E-state index is 12.7. The Balaban J connectivity index is 1.73. The number of hydrogen-bond acceptors (Lipinski definition) is 6. The molecular formula is C16H20N4O3. The molecule has 0 radical (unpaired) electrons. The Labute approximate surface area is 134 Å². The molecule has 2 aromatic rings.